The van der Waals surface area contributed by atoms with Crippen molar-refractivity contribution in [2.24, 2.45) is 5.92 Å². The third kappa shape index (κ3) is 1.88. The topological polar surface area (TPSA) is 46.3 Å². The highest BCUT2D eigenvalue weighted by molar-refractivity contribution is 5.94. The maximum absolute atomic E-state index is 11.5. The van der Waals surface area contributed by atoms with Crippen molar-refractivity contribution in [3.63, 3.8) is 0 Å². The lowest BCUT2D eigenvalue weighted by atomic mass is 10.2. The summed E-state index contributed by atoms with van der Waals surface area (Å²) in [4.78, 5) is 13.1. The van der Waals surface area contributed by atoms with E-state index in [1.54, 1.807) is 25.1 Å². The maximum Gasteiger partial charge on any atom is 0.229 e. The minimum Gasteiger partial charge on any atom is -0.359 e. The second-order valence-corrected chi connectivity index (χ2v) is 3.32. The zero-order chi connectivity index (χ0) is 10.0. The van der Waals surface area contributed by atoms with E-state index < -0.39 is 0 Å². The van der Waals surface area contributed by atoms with E-state index in [4.69, 9.17) is 4.52 Å². The first-order chi connectivity index (χ1) is 6.04. The molecule has 72 valence electrons. The van der Waals surface area contributed by atoms with E-state index >= 15 is 0 Å². The van der Waals surface area contributed by atoms with Gasteiger partial charge in [-0.25, -0.2) is 0 Å². The summed E-state index contributed by atoms with van der Waals surface area (Å²) in [5, 5.41) is 3.62. The summed E-state index contributed by atoms with van der Waals surface area (Å²) in [6.45, 7) is 5.51. The fourth-order valence-electron chi connectivity index (χ4n) is 1.12. The van der Waals surface area contributed by atoms with Crippen LogP contribution < -0.4 is 4.90 Å². The van der Waals surface area contributed by atoms with Crippen LogP contribution in [0.15, 0.2) is 10.7 Å². The van der Waals surface area contributed by atoms with Gasteiger partial charge in [0.25, 0.3) is 0 Å². The summed E-state index contributed by atoms with van der Waals surface area (Å²) >= 11 is 0. The lowest BCUT2D eigenvalue weighted by Gasteiger charge is -2.17. The Morgan fingerprint density at radius 1 is 1.62 bits per heavy atom. The maximum atomic E-state index is 11.5. The molecule has 0 N–H and O–H groups in total. The van der Waals surface area contributed by atoms with Crippen LogP contribution in [-0.2, 0) is 4.79 Å². The Kier molecular flexibility index (Phi) is 2.70. The number of nitrogens with zero attached hydrogens (tertiary/aromatic N) is 2. The van der Waals surface area contributed by atoms with Gasteiger partial charge in [-0.1, -0.05) is 19.0 Å². The van der Waals surface area contributed by atoms with Gasteiger partial charge < -0.3 is 9.42 Å². The molecular formula is C9H14N2O2. The molecule has 0 aliphatic heterocycles. The third-order valence-electron chi connectivity index (χ3n) is 1.91. The Labute approximate surface area is 77.5 Å². The number of carbonyl (C=O) groups is 1. The van der Waals surface area contributed by atoms with Gasteiger partial charge in [-0.3, -0.25) is 4.79 Å². The molecule has 1 rings (SSSR count). The van der Waals surface area contributed by atoms with Crippen LogP contribution in [-0.4, -0.2) is 18.1 Å². The second-order valence-electron chi connectivity index (χ2n) is 3.32. The van der Waals surface area contributed by atoms with Gasteiger partial charge in [0, 0.05) is 13.0 Å². The van der Waals surface area contributed by atoms with Gasteiger partial charge in [0.15, 0.2) is 5.76 Å². The summed E-state index contributed by atoms with van der Waals surface area (Å²) in [7, 11) is 1.72. The molecule has 13 heavy (non-hydrogen) atoms. The average Bonchev–Trinajstić information content (AvgIpc) is 2.48. The summed E-state index contributed by atoms with van der Waals surface area (Å²) in [5.41, 5.74) is 0.735. The quantitative estimate of drug-likeness (QED) is 0.698. The Hall–Kier alpha value is -1.32. The molecule has 0 spiro atoms. The first kappa shape index (κ1) is 9.77. The molecule has 0 saturated heterocycles. The van der Waals surface area contributed by atoms with Crippen LogP contribution in [0.2, 0.25) is 0 Å². The van der Waals surface area contributed by atoms with E-state index in [1.807, 2.05) is 13.8 Å². The number of anilines is 1. The van der Waals surface area contributed by atoms with Crippen molar-refractivity contribution < 1.29 is 9.32 Å². The van der Waals surface area contributed by atoms with Crippen LogP contribution >= 0.6 is 0 Å². The minimum absolute atomic E-state index is 0.0145. The molecule has 0 aliphatic carbocycles. The van der Waals surface area contributed by atoms with E-state index in [2.05, 4.69) is 5.16 Å². The number of hydrogen-bond acceptors (Lipinski definition) is 3. The van der Waals surface area contributed by atoms with Gasteiger partial charge in [-0.15, -0.1) is 0 Å². The molecule has 0 aliphatic rings. The molecule has 4 heteroatoms. The van der Waals surface area contributed by atoms with Gasteiger partial charge in [0.1, 0.15) is 5.69 Å². The van der Waals surface area contributed by atoms with Crippen LogP contribution in [0.3, 0.4) is 0 Å². The van der Waals surface area contributed by atoms with Crippen molar-refractivity contribution >= 4 is 11.6 Å². The van der Waals surface area contributed by atoms with Gasteiger partial charge in [-0.2, -0.15) is 0 Å². The molecular weight excluding hydrogens is 168 g/mol. The zero-order valence-electron chi connectivity index (χ0n) is 8.37. The number of aromatic nitrogens is 1. The highest BCUT2D eigenvalue weighted by Crippen LogP contribution is 2.18. The smallest absolute Gasteiger partial charge is 0.229 e. The Balaban J connectivity index is 2.85. The van der Waals surface area contributed by atoms with Crippen LogP contribution in [0.4, 0.5) is 5.69 Å². The number of aryl methyl sites for hydroxylation is 1. The second kappa shape index (κ2) is 3.60. The van der Waals surface area contributed by atoms with Crippen molar-refractivity contribution in [1.29, 1.82) is 0 Å². The summed E-state index contributed by atoms with van der Waals surface area (Å²) in [6.07, 6.45) is 1.55. The molecule has 1 amide bonds. The largest absolute Gasteiger partial charge is 0.359 e. The molecule has 1 aromatic heterocycles. The predicted octanol–water partition coefficient (Wildman–Crippen LogP) is 1.60. The van der Waals surface area contributed by atoms with Crippen LogP contribution in [0.5, 0.6) is 0 Å². The van der Waals surface area contributed by atoms with Crippen LogP contribution in [0, 0.1) is 12.8 Å². The van der Waals surface area contributed by atoms with Gasteiger partial charge >= 0.3 is 0 Å². The molecule has 0 radical (unpaired) electrons. The van der Waals surface area contributed by atoms with E-state index in [1.165, 1.54) is 0 Å². The highest BCUT2D eigenvalue weighted by atomic mass is 16.5. The molecule has 0 aromatic carbocycles. The third-order valence-corrected chi connectivity index (χ3v) is 1.91. The van der Waals surface area contributed by atoms with Crippen LogP contribution in [0.25, 0.3) is 0 Å². The van der Waals surface area contributed by atoms with Crippen molar-refractivity contribution in [1.82, 2.24) is 5.16 Å². The molecule has 0 unspecified atom stereocenters. The van der Waals surface area contributed by atoms with E-state index in [9.17, 15) is 4.79 Å². The number of rotatable bonds is 2. The first-order valence-electron chi connectivity index (χ1n) is 4.23. The minimum atomic E-state index is -0.0145. The highest BCUT2D eigenvalue weighted by Gasteiger charge is 2.17. The van der Waals surface area contributed by atoms with Crippen molar-refractivity contribution in [3.8, 4) is 0 Å². The molecule has 0 atom stereocenters. The molecule has 4 nitrogen and oxygen atoms in total. The number of amides is 1. The molecule has 0 saturated carbocycles. The fraction of sp³-hybridized carbons (Fsp3) is 0.556. The van der Waals surface area contributed by atoms with Gasteiger partial charge in [0.05, 0.1) is 6.20 Å². The van der Waals surface area contributed by atoms with E-state index in [0.29, 0.717) is 5.76 Å². The van der Waals surface area contributed by atoms with E-state index in [-0.39, 0.29) is 11.8 Å². The SMILES string of the molecule is Cc1oncc1N(C)C(=O)C(C)C. The number of carbonyl (C=O) groups excluding carboxylic acids is 1. The van der Waals surface area contributed by atoms with Gasteiger partial charge in [0.2, 0.25) is 5.91 Å². The average molecular weight is 182 g/mol. The Morgan fingerprint density at radius 3 is 2.62 bits per heavy atom. The number of hydrogen-bond donors (Lipinski definition) is 0. The van der Waals surface area contributed by atoms with Gasteiger partial charge in [-0.05, 0) is 6.92 Å². The van der Waals surface area contributed by atoms with Crippen molar-refractivity contribution in [2.75, 3.05) is 11.9 Å². The zero-order valence-corrected chi connectivity index (χ0v) is 8.37. The Morgan fingerprint density at radius 2 is 2.23 bits per heavy atom. The fourth-order valence-corrected chi connectivity index (χ4v) is 1.12. The molecule has 0 bridgehead atoms. The predicted molar refractivity (Wildman–Crippen MR) is 49.5 cm³/mol. The summed E-state index contributed by atoms with van der Waals surface area (Å²) in [5.74, 6) is 0.710. The monoisotopic (exact) mass is 182 g/mol. The van der Waals surface area contributed by atoms with Crippen molar-refractivity contribution in [2.45, 2.75) is 20.8 Å². The summed E-state index contributed by atoms with van der Waals surface area (Å²) < 4.78 is 4.87. The lowest BCUT2D eigenvalue weighted by Crippen LogP contribution is -2.30. The Bertz CT molecular complexity index is 304. The molecule has 1 aromatic rings. The molecule has 0 fully saturated rings. The molecule has 1 heterocycles. The van der Waals surface area contributed by atoms with Crippen LogP contribution in [0.1, 0.15) is 19.6 Å². The summed E-state index contributed by atoms with van der Waals surface area (Å²) in [6, 6.07) is 0. The lowest BCUT2D eigenvalue weighted by molar-refractivity contribution is -0.121. The van der Waals surface area contributed by atoms with Crippen molar-refractivity contribution in [3.05, 3.63) is 12.0 Å². The standard InChI is InChI=1S/C9H14N2O2/c1-6(2)9(12)11(4)8-5-10-13-7(8)3/h5-6H,1-4H3. The van der Waals surface area contributed by atoms with E-state index in [0.717, 1.165) is 5.69 Å². The normalized spacial score (nSPS) is 10.5. The first-order valence-corrected chi connectivity index (χ1v) is 4.23.